The number of nitrogens with two attached hydrogens (primary N) is 1. The number of ether oxygens (including phenoxy) is 1. The summed E-state index contributed by atoms with van der Waals surface area (Å²) in [6, 6.07) is 6.95. The fraction of sp³-hybridized carbons (Fsp3) is 0.350. The van der Waals surface area contributed by atoms with Crippen molar-refractivity contribution in [2.24, 2.45) is 11.7 Å². The molecule has 1 aliphatic heterocycles. The van der Waals surface area contributed by atoms with E-state index in [1.54, 1.807) is 37.4 Å². The number of pyridine rings is 1. The second-order valence-corrected chi connectivity index (χ2v) is 6.64. The van der Waals surface area contributed by atoms with E-state index in [-0.39, 0.29) is 29.6 Å². The van der Waals surface area contributed by atoms with Gasteiger partial charge in [-0.3, -0.25) is 14.0 Å². The molecule has 0 radical (unpaired) electrons. The van der Waals surface area contributed by atoms with Crippen LogP contribution in [0.5, 0.6) is 0 Å². The summed E-state index contributed by atoms with van der Waals surface area (Å²) >= 11 is 0. The molecule has 2 aromatic rings. The number of nitrogens with zero attached hydrogens (tertiary/aromatic N) is 4. The van der Waals surface area contributed by atoms with Gasteiger partial charge in [-0.1, -0.05) is 6.07 Å². The molecule has 29 heavy (non-hydrogen) atoms. The fourth-order valence-corrected chi connectivity index (χ4v) is 3.32. The minimum atomic E-state index is -0.800. The summed E-state index contributed by atoms with van der Waals surface area (Å²) in [5, 5.41) is 9.37. The maximum atomic E-state index is 13.1. The Kier molecular flexibility index (Phi) is 5.93. The molecule has 0 unspecified atom stereocenters. The van der Waals surface area contributed by atoms with Gasteiger partial charge in [0.1, 0.15) is 23.1 Å². The van der Waals surface area contributed by atoms with Gasteiger partial charge in [0.15, 0.2) is 0 Å². The van der Waals surface area contributed by atoms with Gasteiger partial charge in [0.05, 0.1) is 12.2 Å². The minimum Gasteiger partial charge on any atom is -0.462 e. The lowest BCUT2D eigenvalue weighted by molar-refractivity contribution is -0.137. The van der Waals surface area contributed by atoms with Gasteiger partial charge in [-0.2, -0.15) is 5.26 Å². The largest absolute Gasteiger partial charge is 0.462 e. The summed E-state index contributed by atoms with van der Waals surface area (Å²) in [5.41, 5.74) is 5.28. The first kappa shape index (κ1) is 20.1. The number of carbonyl (C=O) groups is 2. The number of nitriles is 1. The molecule has 150 valence electrons. The summed E-state index contributed by atoms with van der Waals surface area (Å²) in [6.45, 7) is 2.70. The molecule has 1 saturated heterocycles. The van der Waals surface area contributed by atoms with Crippen LogP contribution in [-0.4, -0.2) is 41.0 Å². The van der Waals surface area contributed by atoms with Crippen molar-refractivity contribution < 1.29 is 14.3 Å². The maximum Gasteiger partial charge on any atom is 0.348 e. The van der Waals surface area contributed by atoms with E-state index in [4.69, 9.17) is 10.5 Å². The highest BCUT2D eigenvalue weighted by molar-refractivity contribution is 5.98. The van der Waals surface area contributed by atoms with E-state index in [0.717, 1.165) is 0 Å². The molecule has 1 amide bonds. The second kappa shape index (κ2) is 8.56. The SMILES string of the molecule is CCOC(=O)/C(C#N)=C/c1c(N2CCC(C(N)=O)CC2)nc2ccccn2c1=O. The number of fused-ring (bicyclic) bond motifs is 1. The average Bonchev–Trinajstić information content (AvgIpc) is 2.73. The summed E-state index contributed by atoms with van der Waals surface area (Å²) in [7, 11) is 0. The van der Waals surface area contributed by atoms with E-state index in [0.29, 0.717) is 37.4 Å². The third kappa shape index (κ3) is 4.11. The molecule has 1 aliphatic rings. The van der Waals surface area contributed by atoms with Crippen LogP contribution in [0.25, 0.3) is 11.7 Å². The summed E-state index contributed by atoms with van der Waals surface area (Å²) in [4.78, 5) is 43.1. The highest BCUT2D eigenvalue weighted by Crippen LogP contribution is 2.25. The van der Waals surface area contributed by atoms with Crippen molar-refractivity contribution in [2.45, 2.75) is 19.8 Å². The lowest BCUT2D eigenvalue weighted by Gasteiger charge is -2.32. The molecule has 0 saturated carbocycles. The van der Waals surface area contributed by atoms with E-state index in [1.807, 2.05) is 4.90 Å². The molecule has 0 spiro atoms. The van der Waals surface area contributed by atoms with Crippen LogP contribution < -0.4 is 16.2 Å². The first-order valence-corrected chi connectivity index (χ1v) is 9.30. The highest BCUT2D eigenvalue weighted by Gasteiger charge is 2.27. The Morgan fingerprint density at radius 2 is 2.10 bits per heavy atom. The van der Waals surface area contributed by atoms with Crippen molar-refractivity contribution in [1.82, 2.24) is 9.38 Å². The number of aromatic nitrogens is 2. The van der Waals surface area contributed by atoms with Gasteiger partial charge in [-0.25, -0.2) is 9.78 Å². The number of carbonyl (C=O) groups excluding carboxylic acids is 2. The molecule has 0 bridgehead atoms. The van der Waals surface area contributed by atoms with Crippen molar-refractivity contribution in [2.75, 3.05) is 24.6 Å². The van der Waals surface area contributed by atoms with Crippen molar-refractivity contribution in [3.8, 4) is 6.07 Å². The quantitative estimate of drug-likeness (QED) is 0.451. The van der Waals surface area contributed by atoms with Crippen LogP contribution in [0.15, 0.2) is 34.8 Å². The molecule has 3 rings (SSSR count). The van der Waals surface area contributed by atoms with E-state index >= 15 is 0 Å². The van der Waals surface area contributed by atoms with Gasteiger partial charge in [-0.15, -0.1) is 0 Å². The number of hydrogen-bond donors (Lipinski definition) is 1. The van der Waals surface area contributed by atoms with Gasteiger partial charge >= 0.3 is 5.97 Å². The van der Waals surface area contributed by atoms with E-state index in [2.05, 4.69) is 4.98 Å². The Balaban J connectivity index is 2.12. The molecular weight excluding hydrogens is 374 g/mol. The average molecular weight is 395 g/mol. The van der Waals surface area contributed by atoms with Crippen LogP contribution in [0.4, 0.5) is 5.82 Å². The van der Waals surface area contributed by atoms with Crippen LogP contribution in [0.2, 0.25) is 0 Å². The van der Waals surface area contributed by atoms with Crippen molar-refractivity contribution in [3.63, 3.8) is 0 Å². The number of rotatable bonds is 5. The Morgan fingerprint density at radius 3 is 2.72 bits per heavy atom. The molecule has 2 N–H and O–H groups in total. The second-order valence-electron chi connectivity index (χ2n) is 6.64. The summed E-state index contributed by atoms with van der Waals surface area (Å²) in [6.07, 6.45) is 3.87. The zero-order valence-corrected chi connectivity index (χ0v) is 16.0. The number of esters is 1. The monoisotopic (exact) mass is 395 g/mol. The van der Waals surface area contributed by atoms with Crippen LogP contribution in [-0.2, 0) is 14.3 Å². The number of piperidine rings is 1. The van der Waals surface area contributed by atoms with Crippen molar-refractivity contribution in [1.29, 1.82) is 5.26 Å². The van der Waals surface area contributed by atoms with Crippen molar-refractivity contribution in [3.05, 3.63) is 45.9 Å². The first-order valence-electron chi connectivity index (χ1n) is 9.30. The summed E-state index contributed by atoms with van der Waals surface area (Å²) in [5.74, 6) is -1.00. The predicted octanol–water partition coefficient (Wildman–Crippen LogP) is 0.866. The Labute approximate surface area is 167 Å². The fourth-order valence-electron chi connectivity index (χ4n) is 3.32. The molecule has 1 fully saturated rings. The topological polar surface area (TPSA) is 131 Å². The predicted molar refractivity (Wildman–Crippen MR) is 106 cm³/mol. The van der Waals surface area contributed by atoms with Gasteiger partial charge in [0, 0.05) is 25.2 Å². The zero-order chi connectivity index (χ0) is 21.0. The van der Waals surface area contributed by atoms with E-state index in [9.17, 15) is 19.6 Å². The molecule has 2 aromatic heterocycles. The molecular formula is C20H21N5O4. The standard InChI is InChI=1S/C20H21N5O4/c1-2-29-20(28)14(12-21)11-15-18(24-9-6-13(7-10-24)17(22)26)23-16-5-3-4-8-25(16)19(15)27/h3-5,8,11,13H,2,6-7,9-10H2,1H3,(H2,22,26)/b14-11+. The highest BCUT2D eigenvalue weighted by atomic mass is 16.5. The maximum absolute atomic E-state index is 13.1. The van der Waals surface area contributed by atoms with Gasteiger partial charge in [-0.05, 0) is 38.0 Å². The Morgan fingerprint density at radius 1 is 1.38 bits per heavy atom. The smallest absolute Gasteiger partial charge is 0.348 e. The third-order valence-corrected chi connectivity index (χ3v) is 4.85. The van der Waals surface area contributed by atoms with E-state index < -0.39 is 11.5 Å². The first-order chi connectivity index (χ1) is 14.0. The molecule has 0 atom stereocenters. The normalized spacial score (nSPS) is 15.2. The van der Waals surface area contributed by atoms with Crippen LogP contribution in [0.3, 0.4) is 0 Å². The minimum absolute atomic E-state index is 0.111. The van der Waals surface area contributed by atoms with Crippen LogP contribution >= 0.6 is 0 Å². The number of amides is 1. The van der Waals surface area contributed by atoms with Crippen LogP contribution in [0, 0.1) is 17.2 Å². The molecule has 9 heteroatoms. The number of hydrogen-bond acceptors (Lipinski definition) is 7. The van der Waals surface area contributed by atoms with Gasteiger partial charge < -0.3 is 15.4 Å². The van der Waals surface area contributed by atoms with Gasteiger partial charge in [0.25, 0.3) is 5.56 Å². The molecule has 0 aliphatic carbocycles. The Hall–Kier alpha value is -3.67. The van der Waals surface area contributed by atoms with Crippen LogP contribution in [0.1, 0.15) is 25.3 Å². The molecule has 9 nitrogen and oxygen atoms in total. The number of primary amides is 1. The lowest BCUT2D eigenvalue weighted by atomic mass is 9.96. The molecule has 3 heterocycles. The van der Waals surface area contributed by atoms with Crippen molar-refractivity contribution >= 4 is 29.4 Å². The number of anilines is 1. The third-order valence-electron chi connectivity index (χ3n) is 4.85. The zero-order valence-electron chi connectivity index (χ0n) is 16.0. The van der Waals surface area contributed by atoms with E-state index in [1.165, 1.54) is 10.5 Å². The lowest BCUT2D eigenvalue weighted by Crippen LogP contribution is -2.40. The Bertz CT molecular complexity index is 1070. The molecule has 0 aromatic carbocycles. The van der Waals surface area contributed by atoms with Gasteiger partial charge in [0.2, 0.25) is 5.91 Å². The summed E-state index contributed by atoms with van der Waals surface area (Å²) < 4.78 is 6.25.